The van der Waals surface area contributed by atoms with E-state index < -0.39 is 11.9 Å². The summed E-state index contributed by atoms with van der Waals surface area (Å²) in [5.41, 5.74) is 9.44. The van der Waals surface area contributed by atoms with Gasteiger partial charge in [-0.25, -0.2) is 0 Å². The molecule has 3 N–H and O–H groups in total. The molecule has 42 heavy (non-hydrogen) atoms. The second-order valence-corrected chi connectivity index (χ2v) is 11.4. The Kier molecular flexibility index (Phi) is 9.29. The fraction of sp³-hybridized carbons (Fsp3) is 0.281. The molecule has 0 saturated heterocycles. The van der Waals surface area contributed by atoms with Crippen LogP contribution in [0.4, 0.5) is 5.69 Å². The van der Waals surface area contributed by atoms with Gasteiger partial charge in [0.15, 0.2) is 0 Å². The van der Waals surface area contributed by atoms with Crippen LogP contribution < -0.4 is 20.5 Å². The van der Waals surface area contributed by atoms with Crippen molar-refractivity contribution in [2.45, 2.75) is 44.3 Å². The van der Waals surface area contributed by atoms with Crippen LogP contribution in [0.1, 0.15) is 52.5 Å². The summed E-state index contributed by atoms with van der Waals surface area (Å²) in [7, 11) is 3.18. The first-order chi connectivity index (χ1) is 20.4. The second kappa shape index (κ2) is 13.3. The SMILES string of the molecule is COc1ccc(-c2nsc(C(=O)N(Cc3ccccc3Cl)C(C(=O)NC3CCCC3)c3ccc(OC)cc3)c2N)cc1. The quantitative estimate of drug-likeness (QED) is 0.214. The van der Waals surface area contributed by atoms with E-state index >= 15 is 0 Å². The molecule has 8 nitrogen and oxygen atoms in total. The molecule has 1 unspecified atom stereocenters. The van der Waals surface area contributed by atoms with Gasteiger partial charge in [0.25, 0.3) is 5.91 Å². The van der Waals surface area contributed by atoms with Crippen LogP contribution in [0.2, 0.25) is 5.02 Å². The maximum Gasteiger partial charge on any atom is 0.268 e. The van der Waals surface area contributed by atoms with E-state index in [-0.39, 0.29) is 29.1 Å². The molecule has 1 atom stereocenters. The van der Waals surface area contributed by atoms with Crippen molar-refractivity contribution in [3.63, 3.8) is 0 Å². The Morgan fingerprint density at radius 1 is 1.00 bits per heavy atom. The number of halogens is 1. The van der Waals surface area contributed by atoms with Crippen LogP contribution in [0.3, 0.4) is 0 Å². The zero-order valence-electron chi connectivity index (χ0n) is 23.5. The number of benzene rings is 3. The number of hydrogen-bond donors (Lipinski definition) is 2. The predicted molar refractivity (Wildman–Crippen MR) is 166 cm³/mol. The van der Waals surface area contributed by atoms with Crippen LogP contribution in [0.5, 0.6) is 11.5 Å². The first kappa shape index (κ1) is 29.4. The van der Waals surface area contributed by atoms with E-state index in [1.165, 1.54) is 4.90 Å². The highest BCUT2D eigenvalue weighted by atomic mass is 35.5. The molecule has 1 fully saturated rings. The monoisotopic (exact) mass is 604 g/mol. The minimum absolute atomic E-state index is 0.0608. The van der Waals surface area contributed by atoms with Crippen LogP contribution in [-0.4, -0.2) is 41.3 Å². The molecule has 4 aromatic rings. The first-order valence-corrected chi connectivity index (χ1v) is 14.9. The molecule has 3 aromatic carbocycles. The fourth-order valence-corrected chi connectivity index (χ4v) is 6.21. The normalized spacial score (nSPS) is 13.9. The Morgan fingerprint density at radius 3 is 2.24 bits per heavy atom. The van der Waals surface area contributed by atoms with Gasteiger partial charge in [0, 0.05) is 23.2 Å². The topological polar surface area (TPSA) is 107 Å². The van der Waals surface area contributed by atoms with Crippen LogP contribution >= 0.6 is 23.1 Å². The summed E-state index contributed by atoms with van der Waals surface area (Å²) < 4.78 is 15.2. The molecule has 0 spiro atoms. The lowest BCUT2D eigenvalue weighted by molar-refractivity contribution is -0.126. The molecule has 1 saturated carbocycles. The lowest BCUT2D eigenvalue weighted by atomic mass is 10.0. The predicted octanol–water partition coefficient (Wildman–Crippen LogP) is 6.51. The van der Waals surface area contributed by atoms with Crippen molar-refractivity contribution >= 4 is 40.6 Å². The van der Waals surface area contributed by atoms with Gasteiger partial charge < -0.3 is 25.4 Å². The van der Waals surface area contributed by atoms with Gasteiger partial charge in [-0.05, 0) is 78.0 Å². The molecule has 1 heterocycles. The van der Waals surface area contributed by atoms with E-state index in [0.717, 1.165) is 42.8 Å². The Bertz CT molecular complexity index is 1540. The summed E-state index contributed by atoms with van der Waals surface area (Å²) in [6.07, 6.45) is 3.94. The maximum atomic E-state index is 14.5. The van der Waals surface area contributed by atoms with Crippen LogP contribution in [0.25, 0.3) is 11.3 Å². The Morgan fingerprint density at radius 2 is 1.62 bits per heavy atom. The number of aromatic nitrogens is 1. The van der Waals surface area contributed by atoms with Crippen molar-refractivity contribution < 1.29 is 19.1 Å². The van der Waals surface area contributed by atoms with Crippen LogP contribution in [-0.2, 0) is 11.3 Å². The summed E-state index contributed by atoms with van der Waals surface area (Å²) in [5.74, 6) is 0.678. The standard InChI is InChI=1S/C32H33ClN4O4S/c1-40-24-15-11-20(12-16-24)28-27(34)30(42-36-28)32(39)37(19-22-7-3-6-10-26(22)33)29(21-13-17-25(41-2)18-14-21)31(38)35-23-8-4-5-9-23/h3,6-7,10-18,23,29H,4-5,8-9,19,34H2,1-2H3,(H,35,38). The summed E-state index contributed by atoms with van der Waals surface area (Å²) in [4.78, 5) is 30.3. The van der Waals surface area contributed by atoms with E-state index in [9.17, 15) is 9.59 Å². The summed E-state index contributed by atoms with van der Waals surface area (Å²) >= 11 is 7.58. The number of carbonyl (C=O) groups excluding carboxylic acids is 2. The molecule has 1 aromatic heterocycles. The smallest absolute Gasteiger partial charge is 0.268 e. The van der Waals surface area contributed by atoms with Gasteiger partial charge >= 0.3 is 0 Å². The number of ether oxygens (including phenoxy) is 2. The first-order valence-electron chi connectivity index (χ1n) is 13.8. The van der Waals surface area contributed by atoms with Crippen molar-refractivity contribution in [1.29, 1.82) is 0 Å². The summed E-state index contributed by atoms with van der Waals surface area (Å²) in [6.45, 7) is 0.0858. The van der Waals surface area contributed by atoms with Gasteiger partial charge in [-0.15, -0.1) is 0 Å². The van der Waals surface area contributed by atoms with Gasteiger partial charge in [0.2, 0.25) is 5.91 Å². The van der Waals surface area contributed by atoms with E-state index in [1.807, 2.05) is 54.6 Å². The molecule has 2 amide bonds. The van der Waals surface area contributed by atoms with Gasteiger partial charge in [0.05, 0.1) is 19.9 Å². The van der Waals surface area contributed by atoms with E-state index in [1.54, 1.807) is 32.4 Å². The highest BCUT2D eigenvalue weighted by Crippen LogP contribution is 2.36. The van der Waals surface area contributed by atoms with Gasteiger partial charge in [-0.3, -0.25) is 9.59 Å². The number of carbonyl (C=O) groups is 2. The molecule has 0 bridgehead atoms. The molecule has 5 rings (SSSR count). The highest BCUT2D eigenvalue weighted by Gasteiger charge is 2.36. The number of hydrogen-bond acceptors (Lipinski definition) is 7. The largest absolute Gasteiger partial charge is 0.497 e. The van der Waals surface area contributed by atoms with Gasteiger partial charge in [-0.2, -0.15) is 4.37 Å². The van der Waals surface area contributed by atoms with Crippen molar-refractivity contribution in [3.8, 4) is 22.8 Å². The molecule has 1 aliphatic carbocycles. The van der Waals surface area contributed by atoms with E-state index in [4.69, 9.17) is 26.8 Å². The van der Waals surface area contributed by atoms with Crippen LogP contribution in [0.15, 0.2) is 72.8 Å². The molecular weight excluding hydrogens is 572 g/mol. The zero-order valence-corrected chi connectivity index (χ0v) is 25.1. The lowest BCUT2D eigenvalue weighted by Crippen LogP contribution is -2.45. The number of rotatable bonds is 10. The number of methoxy groups -OCH3 is 2. The van der Waals surface area contributed by atoms with Crippen molar-refractivity contribution in [2.24, 2.45) is 0 Å². The van der Waals surface area contributed by atoms with Crippen molar-refractivity contribution in [2.75, 3.05) is 20.0 Å². The highest BCUT2D eigenvalue weighted by molar-refractivity contribution is 7.09. The second-order valence-electron chi connectivity index (χ2n) is 10.2. The number of nitrogens with one attached hydrogen (secondary N) is 1. The lowest BCUT2D eigenvalue weighted by Gasteiger charge is -2.32. The van der Waals surface area contributed by atoms with E-state index in [2.05, 4.69) is 9.69 Å². The summed E-state index contributed by atoms with van der Waals surface area (Å²) in [5, 5.41) is 3.69. The van der Waals surface area contributed by atoms with Crippen molar-refractivity contribution in [3.05, 3.63) is 93.8 Å². The third-order valence-corrected chi connectivity index (χ3v) is 8.76. The average molecular weight is 605 g/mol. The minimum Gasteiger partial charge on any atom is -0.497 e. The number of amides is 2. The third-order valence-electron chi connectivity index (χ3n) is 7.54. The number of nitrogen functional groups attached to an aromatic ring is 1. The minimum atomic E-state index is -0.953. The Hall–Kier alpha value is -4.08. The van der Waals surface area contributed by atoms with E-state index in [0.29, 0.717) is 33.3 Å². The number of nitrogens with two attached hydrogens (primary N) is 1. The van der Waals surface area contributed by atoms with Gasteiger partial charge in [-0.1, -0.05) is 54.8 Å². The molecule has 0 aliphatic heterocycles. The Balaban J connectivity index is 1.57. The molecule has 1 aliphatic rings. The molecular formula is C32H33ClN4O4S. The number of nitrogens with zero attached hydrogens (tertiary/aromatic N) is 2. The third kappa shape index (κ3) is 6.37. The zero-order chi connectivity index (χ0) is 29.6. The van der Waals surface area contributed by atoms with Crippen molar-refractivity contribution in [1.82, 2.24) is 14.6 Å². The molecule has 218 valence electrons. The Labute approximate surface area is 254 Å². The van der Waals surface area contributed by atoms with Crippen LogP contribution in [0, 0.1) is 0 Å². The number of anilines is 1. The maximum absolute atomic E-state index is 14.5. The van der Waals surface area contributed by atoms with Gasteiger partial charge in [0.1, 0.15) is 28.1 Å². The fourth-order valence-electron chi connectivity index (χ4n) is 5.24. The molecule has 0 radical (unpaired) electrons. The molecule has 10 heteroatoms. The average Bonchev–Trinajstić information content (AvgIpc) is 3.67. The summed E-state index contributed by atoms with van der Waals surface area (Å²) in [6, 6.07) is 20.9.